The van der Waals surface area contributed by atoms with Crippen LogP contribution in [0, 0.1) is 0 Å². The van der Waals surface area contributed by atoms with Crippen molar-refractivity contribution in [3.63, 3.8) is 0 Å². The van der Waals surface area contributed by atoms with E-state index >= 15 is 0 Å². The zero-order chi connectivity index (χ0) is 19.5. The van der Waals surface area contributed by atoms with E-state index in [0.29, 0.717) is 29.4 Å². The summed E-state index contributed by atoms with van der Waals surface area (Å²) < 4.78 is 10.5. The minimum Gasteiger partial charge on any atom is -0.466 e. The van der Waals surface area contributed by atoms with Crippen LogP contribution >= 0.6 is 11.8 Å². The first-order valence-corrected chi connectivity index (χ1v) is 9.85. The summed E-state index contributed by atoms with van der Waals surface area (Å²) >= 11 is 1.33. The monoisotopic (exact) mass is 386 g/mol. The molecule has 0 bridgehead atoms. The number of hydrogen-bond acceptors (Lipinski definition) is 6. The highest BCUT2D eigenvalue weighted by atomic mass is 32.2. The highest BCUT2D eigenvalue weighted by Gasteiger charge is 2.12. The lowest BCUT2D eigenvalue weighted by molar-refractivity contribution is -0.142. The molecule has 0 aromatic heterocycles. The first kappa shape index (κ1) is 20.7. The number of hydrogen-bond donors (Lipinski definition) is 0. The van der Waals surface area contributed by atoms with Crippen LogP contribution in [0.15, 0.2) is 54.6 Å². The van der Waals surface area contributed by atoms with Gasteiger partial charge in [-0.1, -0.05) is 18.2 Å². The number of carbonyl (C=O) groups is 3. The Labute approximate surface area is 163 Å². The van der Waals surface area contributed by atoms with E-state index in [2.05, 4.69) is 0 Å². The normalized spacial score (nSPS) is 10.3. The Morgan fingerprint density at radius 2 is 1.59 bits per heavy atom. The lowest BCUT2D eigenvalue weighted by Gasteiger charge is -2.06. The molecule has 0 radical (unpaired) electrons. The fraction of sp³-hybridized carbons (Fsp3) is 0.286. The highest BCUT2D eigenvalue weighted by molar-refractivity contribution is 7.99. The molecule has 0 unspecified atom stereocenters. The molecule has 0 aliphatic carbocycles. The van der Waals surface area contributed by atoms with Gasteiger partial charge in [0.2, 0.25) is 0 Å². The van der Waals surface area contributed by atoms with Gasteiger partial charge in [-0.15, -0.1) is 0 Å². The van der Waals surface area contributed by atoms with Crippen LogP contribution in [0.3, 0.4) is 0 Å². The van der Waals surface area contributed by atoms with Gasteiger partial charge in [-0.3, -0.25) is 14.4 Å². The summed E-state index contributed by atoms with van der Waals surface area (Å²) in [7, 11) is 0. The lowest BCUT2D eigenvalue weighted by Crippen LogP contribution is -2.11. The third-order valence-electron chi connectivity index (χ3n) is 3.53. The molecule has 0 N–H and O–H groups in total. The average Bonchev–Trinajstić information content (AvgIpc) is 2.67. The first-order valence-electron chi connectivity index (χ1n) is 8.69. The molecule has 27 heavy (non-hydrogen) atoms. The van der Waals surface area contributed by atoms with Gasteiger partial charge in [-0.2, -0.15) is 11.8 Å². The molecule has 0 atom stereocenters. The molecular weight excluding hydrogens is 364 g/mol. The molecular formula is C21H22O5S. The van der Waals surface area contributed by atoms with Gasteiger partial charge >= 0.3 is 5.97 Å². The summed E-state index contributed by atoms with van der Waals surface area (Å²) in [5.41, 5.74) is 0.472. The van der Waals surface area contributed by atoms with Crippen LogP contribution < -0.4 is 4.74 Å². The van der Waals surface area contributed by atoms with Gasteiger partial charge in [0.1, 0.15) is 17.3 Å². The molecule has 2 aromatic rings. The third kappa shape index (κ3) is 7.66. The number of thioether (sulfide) groups is 1. The Bertz CT molecular complexity index is 756. The Kier molecular flexibility index (Phi) is 8.58. The third-order valence-corrected chi connectivity index (χ3v) is 4.55. The van der Waals surface area contributed by atoms with Gasteiger partial charge in [0.05, 0.1) is 25.2 Å². The molecule has 0 saturated carbocycles. The number of Topliss-reactive ketones (excluding diaryl/α,β-unsaturated/α-hetero) is 2. The molecule has 0 heterocycles. The first-order chi connectivity index (χ1) is 13.1. The standard InChI is InChI=1S/C21H22O5S/c1-2-25-21(24)12-13-27-15-17(22)14-20(23)16-8-10-19(11-9-16)26-18-6-4-3-5-7-18/h3-11H,2,12-15H2,1H3. The number of ether oxygens (including phenoxy) is 2. The Hall–Kier alpha value is -2.60. The van der Waals surface area contributed by atoms with Gasteiger partial charge in [0, 0.05) is 11.3 Å². The van der Waals surface area contributed by atoms with Gasteiger partial charge in [-0.05, 0) is 43.3 Å². The number of ketones is 2. The van der Waals surface area contributed by atoms with Crippen molar-refractivity contribution < 1.29 is 23.9 Å². The topological polar surface area (TPSA) is 69.7 Å². The van der Waals surface area contributed by atoms with Crippen LogP contribution in [0.25, 0.3) is 0 Å². The fourth-order valence-corrected chi connectivity index (χ4v) is 3.03. The summed E-state index contributed by atoms with van der Waals surface area (Å²) in [4.78, 5) is 35.3. The van der Waals surface area contributed by atoms with Crippen LogP contribution in [0.4, 0.5) is 0 Å². The molecule has 0 saturated heterocycles. The number of rotatable bonds is 11. The summed E-state index contributed by atoms with van der Waals surface area (Å²) in [6.07, 6.45) is 0.119. The van der Waals surface area contributed by atoms with Crippen molar-refractivity contribution in [2.24, 2.45) is 0 Å². The SMILES string of the molecule is CCOC(=O)CCSCC(=O)CC(=O)c1ccc(Oc2ccccc2)cc1. The summed E-state index contributed by atoms with van der Waals surface area (Å²) in [5.74, 6) is 1.40. The molecule has 0 amide bonds. The molecule has 0 fully saturated rings. The van der Waals surface area contributed by atoms with Gasteiger partial charge in [0.25, 0.3) is 0 Å². The minimum atomic E-state index is -0.272. The van der Waals surface area contributed by atoms with E-state index in [1.807, 2.05) is 30.3 Å². The summed E-state index contributed by atoms with van der Waals surface area (Å²) in [6, 6.07) is 16.1. The molecule has 6 heteroatoms. The summed E-state index contributed by atoms with van der Waals surface area (Å²) in [5, 5.41) is 0. The molecule has 2 rings (SSSR count). The van der Waals surface area contributed by atoms with Crippen molar-refractivity contribution in [1.82, 2.24) is 0 Å². The fourth-order valence-electron chi connectivity index (χ4n) is 2.24. The van der Waals surface area contributed by atoms with Crippen molar-refractivity contribution in [3.8, 4) is 11.5 Å². The van der Waals surface area contributed by atoms with Crippen LogP contribution in [0.2, 0.25) is 0 Å². The molecule has 142 valence electrons. The molecule has 5 nitrogen and oxygen atoms in total. The number of benzene rings is 2. The van der Waals surface area contributed by atoms with E-state index in [1.165, 1.54) is 11.8 Å². The Balaban J connectivity index is 1.75. The van der Waals surface area contributed by atoms with Gasteiger partial charge < -0.3 is 9.47 Å². The number of carbonyl (C=O) groups excluding carboxylic acids is 3. The van der Waals surface area contributed by atoms with E-state index in [-0.39, 0.29) is 36.1 Å². The second-order valence-corrected chi connectivity index (χ2v) is 6.79. The van der Waals surface area contributed by atoms with Gasteiger partial charge in [-0.25, -0.2) is 0 Å². The molecule has 0 spiro atoms. The average molecular weight is 386 g/mol. The van der Waals surface area contributed by atoms with Crippen LogP contribution in [-0.2, 0) is 14.3 Å². The van der Waals surface area contributed by atoms with Crippen LogP contribution in [0.5, 0.6) is 11.5 Å². The maximum absolute atomic E-state index is 12.2. The second kappa shape index (κ2) is 11.2. The zero-order valence-corrected chi connectivity index (χ0v) is 16.0. The van der Waals surface area contributed by atoms with Crippen molar-refractivity contribution in [1.29, 1.82) is 0 Å². The maximum atomic E-state index is 12.2. The van der Waals surface area contributed by atoms with Gasteiger partial charge in [0.15, 0.2) is 5.78 Å². The highest BCUT2D eigenvalue weighted by Crippen LogP contribution is 2.21. The van der Waals surface area contributed by atoms with E-state index in [9.17, 15) is 14.4 Å². The second-order valence-electron chi connectivity index (χ2n) is 5.69. The molecule has 2 aromatic carbocycles. The maximum Gasteiger partial charge on any atom is 0.306 e. The van der Waals surface area contributed by atoms with E-state index in [4.69, 9.17) is 9.47 Å². The van der Waals surface area contributed by atoms with Crippen molar-refractivity contribution >= 4 is 29.3 Å². The van der Waals surface area contributed by atoms with Crippen molar-refractivity contribution in [3.05, 3.63) is 60.2 Å². The number of esters is 1. The van der Waals surface area contributed by atoms with Crippen molar-refractivity contribution in [2.45, 2.75) is 19.8 Å². The molecule has 0 aliphatic rings. The van der Waals surface area contributed by atoms with E-state index < -0.39 is 0 Å². The largest absolute Gasteiger partial charge is 0.466 e. The van der Waals surface area contributed by atoms with Crippen LogP contribution in [0.1, 0.15) is 30.1 Å². The van der Waals surface area contributed by atoms with E-state index in [1.54, 1.807) is 31.2 Å². The molecule has 0 aliphatic heterocycles. The number of para-hydroxylation sites is 1. The lowest BCUT2D eigenvalue weighted by atomic mass is 10.1. The Morgan fingerprint density at radius 3 is 2.26 bits per heavy atom. The minimum absolute atomic E-state index is 0.148. The Morgan fingerprint density at radius 1 is 0.926 bits per heavy atom. The quantitative estimate of drug-likeness (QED) is 0.248. The predicted molar refractivity (Wildman–Crippen MR) is 105 cm³/mol. The zero-order valence-electron chi connectivity index (χ0n) is 15.2. The predicted octanol–water partition coefficient (Wildman–Crippen LogP) is 4.31. The van der Waals surface area contributed by atoms with Crippen molar-refractivity contribution in [2.75, 3.05) is 18.1 Å². The smallest absolute Gasteiger partial charge is 0.306 e. The summed E-state index contributed by atoms with van der Waals surface area (Å²) in [6.45, 7) is 2.10. The van der Waals surface area contributed by atoms with Crippen LogP contribution in [-0.4, -0.2) is 35.6 Å². The van der Waals surface area contributed by atoms with E-state index in [0.717, 1.165) is 0 Å².